The number of aryl methyl sites for hydroxylation is 1. The molecular formula is C22H30N4O2S. The molecule has 3 rings (SSSR count). The molecule has 1 atom stereocenters. The summed E-state index contributed by atoms with van der Waals surface area (Å²) >= 11 is 1.41. The maximum atomic E-state index is 13.2. The molecule has 1 unspecified atom stereocenters. The minimum atomic E-state index is -0.100. The van der Waals surface area contributed by atoms with Gasteiger partial charge in [0.05, 0.1) is 11.6 Å². The van der Waals surface area contributed by atoms with Gasteiger partial charge in [-0.1, -0.05) is 13.8 Å². The molecule has 2 aromatic heterocycles. The number of carbonyl (C=O) groups is 2. The molecule has 2 aromatic rings. The van der Waals surface area contributed by atoms with Gasteiger partial charge in [-0.05, 0) is 44.7 Å². The highest BCUT2D eigenvalue weighted by Crippen LogP contribution is 2.30. The molecule has 0 radical (unpaired) electrons. The predicted molar refractivity (Wildman–Crippen MR) is 116 cm³/mol. The van der Waals surface area contributed by atoms with Crippen LogP contribution in [0.4, 0.5) is 0 Å². The van der Waals surface area contributed by atoms with E-state index in [1.165, 1.54) is 11.3 Å². The van der Waals surface area contributed by atoms with E-state index in [1.54, 1.807) is 12.4 Å². The first-order valence-corrected chi connectivity index (χ1v) is 11.3. The summed E-state index contributed by atoms with van der Waals surface area (Å²) in [6.45, 7) is 8.85. The average Bonchev–Trinajstić information content (AvgIpc) is 3.15. The molecule has 0 N–H and O–H groups in total. The van der Waals surface area contributed by atoms with E-state index in [0.29, 0.717) is 18.0 Å². The normalized spacial score (nSPS) is 16.7. The Morgan fingerprint density at radius 1 is 1.28 bits per heavy atom. The fourth-order valence-electron chi connectivity index (χ4n) is 3.84. The molecule has 6 nitrogen and oxygen atoms in total. The zero-order valence-corrected chi connectivity index (χ0v) is 18.4. The van der Waals surface area contributed by atoms with Crippen LogP contribution in [0.15, 0.2) is 24.5 Å². The number of likely N-dealkylation sites (tertiary alicyclic amines) is 1. The quantitative estimate of drug-likeness (QED) is 0.686. The number of piperidine rings is 1. The molecule has 1 fully saturated rings. The number of aromatic nitrogens is 2. The standard InChI is InChI=1S/C22H30N4O2S/c1-4-11-25(12-5-2)21(27)18-9-7-13-26(15-18)22(28)19-16(3)24-20(29-19)17-8-6-10-23-14-17/h6,8,10,14,18H,4-5,7,9,11-13,15H2,1-3H3. The van der Waals surface area contributed by atoms with Crippen LogP contribution in [-0.4, -0.2) is 57.8 Å². The smallest absolute Gasteiger partial charge is 0.265 e. The molecule has 1 aliphatic heterocycles. The van der Waals surface area contributed by atoms with Crippen LogP contribution < -0.4 is 0 Å². The lowest BCUT2D eigenvalue weighted by Gasteiger charge is -2.35. The molecule has 156 valence electrons. The number of hydrogen-bond acceptors (Lipinski definition) is 5. The summed E-state index contributed by atoms with van der Waals surface area (Å²) in [6.07, 6.45) is 7.12. The third kappa shape index (κ3) is 5.01. The monoisotopic (exact) mass is 414 g/mol. The van der Waals surface area contributed by atoms with Crippen LogP contribution in [0.5, 0.6) is 0 Å². The van der Waals surface area contributed by atoms with E-state index in [1.807, 2.05) is 28.9 Å². The van der Waals surface area contributed by atoms with E-state index < -0.39 is 0 Å². The Labute approximate surface area is 177 Å². The number of hydrogen-bond donors (Lipinski definition) is 0. The first-order valence-electron chi connectivity index (χ1n) is 10.5. The molecule has 0 bridgehead atoms. The molecule has 1 aliphatic rings. The van der Waals surface area contributed by atoms with E-state index in [9.17, 15) is 9.59 Å². The van der Waals surface area contributed by atoms with E-state index in [4.69, 9.17) is 0 Å². The van der Waals surface area contributed by atoms with Crippen molar-refractivity contribution in [2.45, 2.75) is 46.5 Å². The van der Waals surface area contributed by atoms with Crippen molar-refractivity contribution in [2.75, 3.05) is 26.2 Å². The Hall–Kier alpha value is -2.28. The fourth-order valence-corrected chi connectivity index (χ4v) is 4.87. The number of carbonyl (C=O) groups excluding carboxylic acids is 2. The first-order chi connectivity index (χ1) is 14.0. The van der Waals surface area contributed by atoms with Crippen LogP contribution in [0.25, 0.3) is 10.6 Å². The third-order valence-corrected chi connectivity index (χ3v) is 6.45. The summed E-state index contributed by atoms with van der Waals surface area (Å²) in [7, 11) is 0. The molecule has 29 heavy (non-hydrogen) atoms. The average molecular weight is 415 g/mol. The highest BCUT2D eigenvalue weighted by atomic mass is 32.1. The zero-order chi connectivity index (χ0) is 20.8. The van der Waals surface area contributed by atoms with Crippen molar-refractivity contribution < 1.29 is 9.59 Å². The van der Waals surface area contributed by atoms with Crippen LogP contribution in [0.2, 0.25) is 0 Å². The van der Waals surface area contributed by atoms with Crippen molar-refractivity contribution in [2.24, 2.45) is 5.92 Å². The van der Waals surface area contributed by atoms with Crippen molar-refractivity contribution in [3.05, 3.63) is 35.1 Å². The van der Waals surface area contributed by atoms with E-state index in [0.717, 1.165) is 55.0 Å². The van der Waals surface area contributed by atoms with Crippen molar-refractivity contribution in [3.8, 4) is 10.6 Å². The van der Waals surface area contributed by atoms with Gasteiger partial charge in [0.1, 0.15) is 9.88 Å². The Balaban J connectivity index is 1.73. The molecule has 0 aromatic carbocycles. The predicted octanol–water partition coefficient (Wildman–Crippen LogP) is 4.01. The largest absolute Gasteiger partial charge is 0.342 e. The highest BCUT2D eigenvalue weighted by molar-refractivity contribution is 7.17. The van der Waals surface area contributed by atoms with Gasteiger partial charge in [-0.3, -0.25) is 14.6 Å². The van der Waals surface area contributed by atoms with Gasteiger partial charge in [0.25, 0.3) is 5.91 Å². The van der Waals surface area contributed by atoms with Gasteiger partial charge in [0, 0.05) is 44.1 Å². The topological polar surface area (TPSA) is 66.4 Å². The number of pyridine rings is 1. The van der Waals surface area contributed by atoms with Crippen LogP contribution in [0.3, 0.4) is 0 Å². The summed E-state index contributed by atoms with van der Waals surface area (Å²) in [5, 5.41) is 0.806. The molecule has 0 spiro atoms. The summed E-state index contributed by atoms with van der Waals surface area (Å²) in [5.41, 5.74) is 1.66. The molecule has 0 saturated carbocycles. The van der Waals surface area contributed by atoms with Gasteiger partial charge in [-0.25, -0.2) is 4.98 Å². The van der Waals surface area contributed by atoms with Gasteiger partial charge in [0.15, 0.2) is 0 Å². The van der Waals surface area contributed by atoms with E-state index in [-0.39, 0.29) is 17.7 Å². The SMILES string of the molecule is CCCN(CCC)C(=O)C1CCCN(C(=O)c2sc(-c3cccnc3)nc2C)C1. The number of amides is 2. The Morgan fingerprint density at radius 3 is 2.69 bits per heavy atom. The Morgan fingerprint density at radius 2 is 2.03 bits per heavy atom. The summed E-state index contributed by atoms with van der Waals surface area (Å²) in [5.74, 6) is 0.0882. The van der Waals surface area contributed by atoms with Gasteiger partial charge in [-0.15, -0.1) is 11.3 Å². The zero-order valence-electron chi connectivity index (χ0n) is 17.6. The van der Waals surface area contributed by atoms with Crippen molar-refractivity contribution >= 4 is 23.2 Å². The summed E-state index contributed by atoms with van der Waals surface area (Å²) in [6, 6.07) is 3.82. The molecule has 2 amide bonds. The van der Waals surface area contributed by atoms with Crippen LogP contribution >= 0.6 is 11.3 Å². The minimum Gasteiger partial charge on any atom is -0.342 e. The van der Waals surface area contributed by atoms with Gasteiger partial charge >= 0.3 is 0 Å². The maximum Gasteiger partial charge on any atom is 0.265 e. The Bertz CT molecular complexity index is 831. The van der Waals surface area contributed by atoms with Gasteiger partial charge < -0.3 is 9.80 Å². The minimum absolute atomic E-state index is 0.00910. The number of rotatable bonds is 7. The van der Waals surface area contributed by atoms with E-state index in [2.05, 4.69) is 23.8 Å². The second-order valence-electron chi connectivity index (χ2n) is 7.59. The Kier molecular flexibility index (Phi) is 7.36. The lowest BCUT2D eigenvalue weighted by molar-refractivity contribution is -0.137. The lowest BCUT2D eigenvalue weighted by Crippen LogP contribution is -2.47. The fraction of sp³-hybridized carbons (Fsp3) is 0.545. The summed E-state index contributed by atoms with van der Waals surface area (Å²) in [4.78, 5) is 39.4. The molecule has 7 heteroatoms. The third-order valence-electron chi connectivity index (χ3n) is 5.26. The van der Waals surface area contributed by atoms with Crippen LogP contribution in [0.1, 0.15) is 54.9 Å². The van der Waals surface area contributed by atoms with Gasteiger partial charge in [0.2, 0.25) is 5.91 Å². The lowest BCUT2D eigenvalue weighted by atomic mass is 9.96. The summed E-state index contributed by atoms with van der Waals surface area (Å²) < 4.78 is 0. The first kappa shape index (κ1) is 21.4. The molecule has 0 aliphatic carbocycles. The van der Waals surface area contributed by atoms with Crippen molar-refractivity contribution in [1.82, 2.24) is 19.8 Å². The highest BCUT2D eigenvalue weighted by Gasteiger charge is 2.32. The number of nitrogens with zero attached hydrogens (tertiary/aromatic N) is 4. The second kappa shape index (κ2) is 9.96. The molecular weight excluding hydrogens is 384 g/mol. The van der Waals surface area contributed by atoms with Crippen LogP contribution in [0, 0.1) is 12.8 Å². The maximum absolute atomic E-state index is 13.2. The van der Waals surface area contributed by atoms with Gasteiger partial charge in [-0.2, -0.15) is 0 Å². The number of thiazole rings is 1. The molecule has 1 saturated heterocycles. The van der Waals surface area contributed by atoms with E-state index >= 15 is 0 Å². The van der Waals surface area contributed by atoms with Crippen LogP contribution in [-0.2, 0) is 4.79 Å². The van der Waals surface area contributed by atoms with Crippen molar-refractivity contribution in [3.63, 3.8) is 0 Å². The second-order valence-corrected chi connectivity index (χ2v) is 8.59. The van der Waals surface area contributed by atoms with Crippen molar-refractivity contribution in [1.29, 1.82) is 0 Å². The molecule has 3 heterocycles.